The van der Waals surface area contributed by atoms with Gasteiger partial charge in [-0.2, -0.15) is 4.98 Å². The van der Waals surface area contributed by atoms with Crippen molar-refractivity contribution >= 4 is 28.7 Å². The third-order valence-electron chi connectivity index (χ3n) is 5.34. The van der Waals surface area contributed by atoms with Gasteiger partial charge in [-0.1, -0.05) is 24.3 Å². The Bertz CT molecular complexity index is 1190. The van der Waals surface area contributed by atoms with Gasteiger partial charge in [0.05, 0.1) is 0 Å². The second-order valence-electron chi connectivity index (χ2n) is 7.41. The number of benzene rings is 3. The van der Waals surface area contributed by atoms with Crippen molar-refractivity contribution < 1.29 is 13.6 Å². The molecule has 1 fully saturated rings. The highest BCUT2D eigenvalue weighted by atomic mass is 19.1. The van der Waals surface area contributed by atoms with Crippen LogP contribution >= 0.6 is 0 Å². The maximum atomic E-state index is 13.1. The molecule has 1 amide bonds. The summed E-state index contributed by atoms with van der Waals surface area (Å²) in [6.07, 6.45) is 2.31. The Balaban J connectivity index is 1.31. The number of rotatable bonds is 4. The summed E-state index contributed by atoms with van der Waals surface area (Å²) in [4.78, 5) is 19.4. The predicted octanol–water partition coefficient (Wildman–Crippen LogP) is 5.49. The van der Waals surface area contributed by atoms with Crippen LogP contribution in [0.3, 0.4) is 0 Å². The number of carbonyl (C=O) groups excluding carboxylic acids is 1. The van der Waals surface area contributed by atoms with Crippen LogP contribution in [0.2, 0.25) is 0 Å². The molecule has 0 aliphatic carbocycles. The highest BCUT2D eigenvalue weighted by Gasteiger charge is 2.18. The van der Waals surface area contributed by atoms with Crippen molar-refractivity contribution in [2.75, 3.05) is 23.3 Å². The fraction of sp³-hybridized carbons (Fsp3) is 0.167. The van der Waals surface area contributed by atoms with Gasteiger partial charge < -0.3 is 14.6 Å². The highest BCUT2D eigenvalue weighted by molar-refractivity contribution is 6.05. The average Bonchev–Trinajstić information content (AvgIpc) is 3.44. The summed E-state index contributed by atoms with van der Waals surface area (Å²) in [6.45, 7) is 1.93. The van der Waals surface area contributed by atoms with Crippen LogP contribution in [0.1, 0.15) is 23.2 Å². The lowest BCUT2D eigenvalue weighted by molar-refractivity contribution is 0.102. The van der Waals surface area contributed by atoms with Gasteiger partial charge in [-0.25, -0.2) is 4.39 Å². The molecule has 4 aromatic rings. The van der Waals surface area contributed by atoms with E-state index < -0.39 is 0 Å². The van der Waals surface area contributed by atoms with E-state index in [9.17, 15) is 9.18 Å². The number of anilines is 2. The molecule has 0 spiro atoms. The van der Waals surface area contributed by atoms with Crippen LogP contribution in [0, 0.1) is 5.82 Å². The van der Waals surface area contributed by atoms with Gasteiger partial charge in [0.2, 0.25) is 0 Å². The molecule has 0 radical (unpaired) electrons. The molecule has 3 aromatic carbocycles. The van der Waals surface area contributed by atoms with Gasteiger partial charge >= 0.3 is 0 Å². The topological polar surface area (TPSA) is 58.4 Å². The Morgan fingerprint density at radius 3 is 2.30 bits per heavy atom. The van der Waals surface area contributed by atoms with E-state index >= 15 is 0 Å². The molecule has 30 heavy (non-hydrogen) atoms. The van der Waals surface area contributed by atoms with Crippen LogP contribution in [0.25, 0.3) is 22.2 Å². The first-order valence-electron chi connectivity index (χ1n) is 9.99. The second kappa shape index (κ2) is 7.63. The van der Waals surface area contributed by atoms with Crippen molar-refractivity contribution in [2.24, 2.45) is 0 Å². The minimum absolute atomic E-state index is 0.205. The number of nitrogens with zero attached hydrogens (tertiary/aromatic N) is 2. The maximum Gasteiger partial charge on any atom is 0.298 e. The van der Waals surface area contributed by atoms with E-state index in [1.54, 1.807) is 24.3 Å². The number of amides is 1. The van der Waals surface area contributed by atoms with Crippen molar-refractivity contribution in [3.63, 3.8) is 0 Å². The highest BCUT2D eigenvalue weighted by Crippen LogP contribution is 2.27. The number of hydrogen-bond donors (Lipinski definition) is 1. The largest absolute Gasteiger partial charge is 0.423 e. The molecule has 5 rings (SSSR count). The number of aromatic nitrogens is 1. The number of nitrogens with one attached hydrogen (secondary N) is 1. The summed E-state index contributed by atoms with van der Waals surface area (Å²) in [7, 11) is 0. The van der Waals surface area contributed by atoms with Crippen molar-refractivity contribution in [3.8, 4) is 11.1 Å². The Labute approximate surface area is 173 Å². The number of fused-ring (bicyclic) bond motifs is 1. The SMILES string of the molecule is O=C(Nc1ccc2oc(N3CCCC3)nc2c1)c1ccc(-c2ccc(F)cc2)cc1. The molecule has 1 aliphatic heterocycles. The van der Waals surface area contributed by atoms with Crippen LogP contribution in [0.5, 0.6) is 0 Å². The molecule has 5 nitrogen and oxygen atoms in total. The predicted molar refractivity (Wildman–Crippen MR) is 115 cm³/mol. The molecule has 150 valence electrons. The summed E-state index contributed by atoms with van der Waals surface area (Å²) in [5.74, 6) is -0.477. The van der Waals surface area contributed by atoms with Gasteiger partial charge in [0.1, 0.15) is 11.3 Å². The maximum absolute atomic E-state index is 13.1. The summed E-state index contributed by atoms with van der Waals surface area (Å²) in [6, 6.07) is 19.6. The number of hydrogen-bond acceptors (Lipinski definition) is 4. The number of carbonyl (C=O) groups is 1. The molecule has 0 saturated carbocycles. The van der Waals surface area contributed by atoms with Crippen molar-refractivity contribution in [1.29, 1.82) is 0 Å². The fourth-order valence-electron chi connectivity index (χ4n) is 3.70. The molecule has 6 heteroatoms. The van der Waals surface area contributed by atoms with Gasteiger partial charge in [0, 0.05) is 24.3 Å². The van der Waals surface area contributed by atoms with Gasteiger partial charge in [0.25, 0.3) is 11.9 Å². The smallest absolute Gasteiger partial charge is 0.298 e. The summed E-state index contributed by atoms with van der Waals surface area (Å²) in [5.41, 5.74) is 4.45. The Kier molecular flexibility index (Phi) is 4.67. The summed E-state index contributed by atoms with van der Waals surface area (Å²) >= 11 is 0. The van der Waals surface area contributed by atoms with E-state index in [0.717, 1.165) is 42.6 Å². The first-order valence-corrected chi connectivity index (χ1v) is 9.99. The summed E-state index contributed by atoms with van der Waals surface area (Å²) in [5, 5.41) is 2.91. The molecular formula is C24H20FN3O2. The zero-order valence-electron chi connectivity index (χ0n) is 16.3. The van der Waals surface area contributed by atoms with Gasteiger partial charge in [-0.3, -0.25) is 4.79 Å². The molecule has 0 bridgehead atoms. The lowest BCUT2D eigenvalue weighted by Gasteiger charge is -2.10. The molecule has 1 aliphatic rings. The second-order valence-corrected chi connectivity index (χ2v) is 7.41. The lowest BCUT2D eigenvalue weighted by Crippen LogP contribution is -2.17. The first-order chi connectivity index (χ1) is 14.7. The third kappa shape index (κ3) is 3.64. The van der Waals surface area contributed by atoms with Gasteiger partial charge in [0.15, 0.2) is 5.58 Å². The van der Waals surface area contributed by atoms with E-state index in [2.05, 4.69) is 15.2 Å². The summed E-state index contributed by atoms with van der Waals surface area (Å²) < 4.78 is 18.9. The van der Waals surface area contributed by atoms with Crippen LogP contribution in [0.15, 0.2) is 71.1 Å². The quantitative estimate of drug-likeness (QED) is 0.491. The Morgan fingerprint density at radius 2 is 1.60 bits per heavy atom. The van der Waals surface area contributed by atoms with E-state index in [1.807, 2.05) is 30.3 Å². The van der Waals surface area contributed by atoms with E-state index in [4.69, 9.17) is 4.42 Å². The van der Waals surface area contributed by atoms with Crippen LogP contribution in [-0.2, 0) is 0 Å². The molecule has 1 N–H and O–H groups in total. The fourth-order valence-corrected chi connectivity index (χ4v) is 3.70. The molecule has 0 unspecified atom stereocenters. The van der Waals surface area contributed by atoms with E-state index in [0.29, 0.717) is 22.8 Å². The zero-order valence-corrected chi connectivity index (χ0v) is 16.3. The van der Waals surface area contributed by atoms with Crippen LogP contribution in [-0.4, -0.2) is 24.0 Å². The van der Waals surface area contributed by atoms with Crippen molar-refractivity contribution in [1.82, 2.24) is 4.98 Å². The lowest BCUT2D eigenvalue weighted by atomic mass is 10.0. The molecule has 2 heterocycles. The Morgan fingerprint density at radius 1 is 0.933 bits per heavy atom. The van der Waals surface area contributed by atoms with Gasteiger partial charge in [-0.05, 0) is 66.4 Å². The monoisotopic (exact) mass is 401 g/mol. The number of oxazole rings is 1. The number of halogens is 1. The van der Waals surface area contributed by atoms with E-state index in [-0.39, 0.29) is 11.7 Å². The molecule has 0 atom stereocenters. The van der Waals surface area contributed by atoms with Crippen LogP contribution in [0.4, 0.5) is 16.1 Å². The van der Waals surface area contributed by atoms with Crippen LogP contribution < -0.4 is 10.2 Å². The molecular weight excluding hydrogens is 381 g/mol. The van der Waals surface area contributed by atoms with Gasteiger partial charge in [-0.15, -0.1) is 0 Å². The average molecular weight is 401 g/mol. The van der Waals surface area contributed by atoms with Crippen molar-refractivity contribution in [2.45, 2.75) is 12.8 Å². The minimum Gasteiger partial charge on any atom is -0.423 e. The zero-order chi connectivity index (χ0) is 20.5. The first kappa shape index (κ1) is 18.4. The van der Waals surface area contributed by atoms with E-state index in [1.165, 1.54) is 12.1 Å². The van der Waals surface area contributed by atoms with Crippen molar-refractivity contribution in [3.05, 3.63) is 78.1 Å². The molecule has 1 saturated heterocycles. The third-order valence-corrected chi connectivity index (χ3v) is 5.34. The minimum atomic E-state index is -0.272. The standard InChI is InChI=1S/C24H20FN3O2/c25-19-9-7-17(8-10-19)16-3-5-18(6-4-16)23(29)26-20-11-12-22-21(15-20)27-24(30-22)28-13-1-2-14-28/h3-12,15H,1-2,13-14H2,(H,26,29). The Hall–Kier alpha value is -3.67. The molecule has 1 aromatic heterocycles. The normalized spacial score (nSPS) is 13.7.